The van der Waals surface area contributed by atoms with Gasteiger partial charge in [0.25, 0.3) is 0 Å². The highest BCUT2D eigenvalue weighted by Crippen LogP contribution is 2.32. The molecule has 3 aliphatic heterocycles. The smallest absolute Gasteiger partial charge is 0.319 e. The third kappa shape index (κ3) is 4.29. The molecular formula is C21H29BrN4O2. The Morgan fingerprint density at radius 3 is 2.18 bits per heavy atom. The van der Waals surface area contributed by atoms with Gasteiger partial charge in [-0.05, 0) is 56.7 Å². The Morgan fingerprint density at radius 2 is 1.50 bits per heavy atom. The third-order valence-corrected chi connectivity index (χ3v) is 6.67. The molecule has 3 aliphatic rings. The second-order valence-electron chi connectivity index (χ2n) is 8.08. The minimum Gasteiger partial charge on any atom is -0.370 e. The second-order valence-corrected chi connectivity index (χ2v) is 9.00. The van der Waals surface area contributed by atoms with Crippen LogP contribution in [-0.4, -0.2) is 61.0 Å². The van der Waals surface area contributed by atoms with Gasteiger partial charge in [0.2, 0.25) is 5.91 Å². The van der Waals surface area contributed by atoms with Gasteiger partial charge in [0.15, 0.2) is 0 Å². The molecular weight excluding hydrogens is 420 g/mol. The lowest BCUT2D eigenvalue weighted by Crippen LogP contribution is -2.47. The van der Waals surface area contributed by atoms with Gasteiger partial charge in [0.1, 0.15) is 0 Å². The van der Waals surface area contributed by atoms with E-state index in [1.54, 1.807) is 0 Å². The van der Waals surface area contributed by atoms with E-state index >= 15 is 0 Å². The fraction of sp³-hybridized carbons (Fsp3) is 0.619. The standard InChI is InChI=1S/C21H29BrN4O2/c22-17-5-6-19(24-9-1-2-10-24)18(15-17)23-20(27)16-7-13-26(14-8-16)21(28)25-11-3-4-12-25/h5-6,15-16H,1-4,7-14H2,(H,23,27). The van der Waals surface area contributed by atoms with E-state index in [2.05, 4.69) is 32.2 Å². The van der Waals surface area contributed by atoms with Gasteiger partial charge in [0, 0.05) is 49.7 Å². The van der Waals surface area contributed by atoms with E-state index in [9.17, 15) is 9.59 Å². The van der Waals surface area contributed by atoms with Crippen molar-refractivity contribution < 1.29 is 9.59 Å². The Balaban J connectivity index is 1.36. The lowest BCUT2D eigenvalue weighted by Gasteiger charge is -2.34. The van der Waals surface area contributed by atoms with E-state index in [-0.39, 0.29) is 17.9 Å². The maximum Gasteiger partial charge on any atom is 0.319 e. The number of carbonyl (C=O) groups is 2. The van der Waals surface area contributed by atoms with E-state index in [0.29, 0.717) is 13.1 Å². The molecule has 0 radical (unpaired) electrons. The number of nitrogens with zero attached hydrogens (tertiary/aromatic N) is 3. The molecule has 1 aromatic carbocycles. The van der Waals surface area contributed by atoms with E-state index in [0.717, 1.165) is 67.7 Å². The van der Waals surface area contributed by atoms with Gasteiger partial charge in [-0.1, -0.05) is 15.9 Å². The minimum absolute atomic E-state index is 0.0342. The Hall–Kier alpha value is -1.76. The molecule has 1 N–H and O–H groups in total. The van der Waals surface area contributed by atoms with Crippen molar-refractivity contribution in [2.24, 2.45) is 5.92 Å². The van der Waals surface area contributed by atoms with Crippen LogP contribution < -0.4 is 10.2 Å². The Morgan fingerprint density at radius 1 is 0.893 bits per heavy atom. The quantitative estimate of drug-likeness (QED) is 0.762. The van der Waals surface area contributed by atoms with Crippen LogP contribution in [0.15, 0.2) is 22.7 Å². The Bertz CT molecular complexity index is 721. The molecule has 1 aromatic rings. The summed E-state index contributed by atoms with van der Waals surface area (Å²) in [6, 6.07) is 6.27. The summed E-state index contributed by atoms with van der Waals surface area (Å²) >= 11 is 3.53. The first-order valence-corrected chi connectivity index (χ1v) is 11.3. The summed E-state index contributed by atoms with van der Waals surface area (Å²) in [6.07, 6.45) is 6.09. The van der Waals surface area contributed by atoms with Crippen molar-refractivity contribution in [2.45, 2.75) is 38.5 Å². The van der Waals surface area contributed by atoms with Gasteiger partial charge >= 0.3 is 6.03 Å². The lowest BCUT2D eigenvalue weighted by molar-refractivity contribution is -0.121. The number of piperidine rings is 1. The van der Waals surface area contributed by atoms with E-state index in [4.69, 9.17) is 0 Å². The highest BCUT2D eigenvalue weighted by Gasteiger charge is 2.31. The first-order chi connectivity index (χ1) is 13.6. The van der Waals surface area contributed by atoms with E-state index < -0.39 is 0 Å². The van der Waals surface area contributed by atoms with Crippen LogP contribution >= 0.6 is 15.9 Å². The average Bonchev–Trinajstić information content (AvgIpc) is 3.42. The van der Waals surface area contributed by atoms with Crippen molar-refractivity contribution in [3.8, 4) is 0 Å². The van der Waals surface area contributed by atoms with Crippen molar-refractivity contribution in [2.75, 3.05) is 49.5 Å². The van der Waals surface area contributed by atoms with Gasteiger partial charge in [-0.25, -0.2) is 4.79 Å². The van der Waals surface area contributed by atoms with Gasteiger partial charge in [0.05, 0.1) is 11.4 Å². The van der Waals surface area contributed by atoms with E-state index in [1.165, 1.54) is 12.8 Å². The Kier molecular flexibility index (Phi) is 6.09. The van der Waals surface area contributed by atoms with Crippen molar-refractivity contribution in [3.05, 3.63) is 22.7 Å². The van der Waals surface area contributed by atoms with Crippen LogP contribution in [-0.2, 0) is 4.79 Å². The lowest BCUT2D eigenvalue weighted by atomic mass is 9.96. The number of amides is 3. The highest BCUT2D eigenvalue weighted by molar-refractivity contribution is 9.10. The normalized spacial score (nSPS) is 20.7. The molecule has 0 unspecified atom stereocenters. The van der Waals surface area contributed by atoms with Crippen LogP contribution in [0.1, 0.15) is 38.5 Å². The van der Waals surface area contributed by atoms with Gasteiger partial charge < -0.3 is 20.0 Å². The molecule has 7 heteroatoms. The number of carbonyl (C=O) groups excluding carboxylic acids is 2. The third-order valence-electron chi connectivity index (χ3n) is 6.18. The van der Waals surface area contributed by atoms with Crippen LogP contribution in [0, 0.1) is 5.92 Å². The number of benzene rings is 1. The van der Waals surface area contributed by atoms with Crippen molar-refractivity contribution in [3.63, 3.8) is 0 Å². The molecule has 0 saturated carbocycles. The van der Waals surface area contributed by atoms with Crippen molar-refractivity contribution in [1.82, 2.24) is 9.80 Å². The molecule has 28 heavy (non-hydrogen) atoms. The van der Waals surface area contributed by atoms with Gasteiger partial charge in [-0.3, -0.25) is 4.79 Å². The monoisotopic (exact) mass is 448 g/mol. The number of anilines is 2. The summed E-state index contributed by atoms with van der Waals surface area (Å²) < 4.78 is 0.969. The largest absolute Gasteiger partial charge is 0.370 e. The maximum atomic E-state index is 12.9. The maximum absolute atomic E-state index is 12.9. The number of likely N-dealkylation sites (tertiary alicyclic amines) is 2. The topological polar surface area (TPSA) is 55.9 Å². The predicted molar refractivity (Wildman–Crippen MR) is 115 cm³/mol. The molecule has 0 aromatic heterocycles. The number of hydrogen-bond acceptors (Lipinski definition) is 3. The fourth-order valence-electron chi connectivity index (χ4n) is 4.52. The molecule has 0 spiro atoms. The number of halogens is 1. The molecule has 0 aliphatic carbocycles. The van der Waals surface area contributed by atoms with Gasteiger partial charge in [-0.2, -0.15) is 0 Å². The van der Waals surface area contributed by atoms with Crippen LogP contribution in [0.5, 0.6) is 0 Å². The van der Waals surface area contributed by atoms with Crippen molar-refractivity contribution in [1.29, 1.82) is 0 Å². The molecule has 3 fully saturated rings. The van der Waals surface area contributed by atoms with Crippen LogP contribution in [0.2, 0.25) is 0 Å². The molecule has 4 rings (SSSR count). The fourth-order valence-corrected chi connectivity index (χ4v) is 4.88. The Labute approximate surface area is 175 Å². The van der Waals surface area contributed by atoms with Crippen LogP contribution in [0.4, 0.5) is 16.2 Å². The number of hydrogen-bond donors (Lipinski definition) is 1. The minimum atomic E-state index is -0.0342. The van der Waals surface area contributed by atoms with Gasteiger partial charge in [-0.15, -0.1) is 0 Å². The molecule has 3 heterocycles. The molecule has 152 valence electrons. The summed E-state index contributed by atoms with van der Waals surface area (Å²) in [7, 11) is 0. The average molecular weight is 449 g/mol. The molecule has 0 atom stereocenters. The zero-order chi connectivity index (χ0) is 19.5. The van der Waals surface area contributed by atoms with Crippen LogP contribution in [0.3, 0.4) is 0 Å². The summed E-state index contributed by atoms with van der Waals surface area (Å²) in [5.74, 6) is 0.0415. The highest BCUT2D eigenvalue weighted by atomic mass is 79.9. The summed E-state index contributed by atoms with van der Waals surface area (Å²) in [6.45, 7) is 5.18. The molecule has 6 nitrogen and oxygen atoms in total. The first-order valence-electron chi connectivity index (χ1n) is 10.5. The molecule has 0 bridgehead atoms. The number of nitrogens with one attached hydrogen (secondary N) is 1. The first kappa shape index (κ1) is 19.6. The van der Waals surface area contributed by atoms with Crippen LogP contribution in [0.25, 0.3) is 0 Å². The summed E-state index contributed by atoms with van der Waals surface area (Å²) in [5.41, 5.74) is 1.99. The molecule has 3 saturated heterocycles. The summed E-state index contributed by atoms with van der Waals surface area (Å²) in [5, 5.41) is 3.17. The summed E-state index contributed by atoms with van der Waals surface area (Å²) in [4.78, 5) is 31.7. The zero-order valence-electron chi connectivity index (χ0n) is 16.3. The zero-order valence-corrected chi connectivity index (χ0v) is 17.9. The number of urea groups is 1. The predicted octanol–water partition coefficient (Wildman–Crippen LogP) is 3.92. The SMILES string of the molecule is O=C(Nc1cc(Br)ccc1N1CCCC1)C1CCN(C(=O)N2CCCC2)CC1. The number of rotatable bonds is 3. The molecule has 3 amide bonds. The van der Waals surface area contributed by atoms with E-state index in [1.807, 2.05) is 21.9 Å². The van der Waals surface area contributed by atoms with Crippen molar-refractivity contribution >= 4 is 39.2 Å². The second kappa shape index (κ2) is 8.72.